The Morgan fingerprint density at radius 1 is 1.17 bits per heavy atom. The highest BCUT2D eigenvalue weighted by Crippen LogP contribution is 2.17. The maximum absolute atomic E-state index is 9.53. The first-order valence-corrected chi connectivity index (χ1v) is 4.11. The molecule has 1 aromatic rings. The Hall–Kier alpha value is -0.860. The van der Waals surface area contributed by atoms with E-state index in [2.05, 4.69) is 0 Å². The third-order valence-corrected chi connectivity index (χ3v) is 1.75. The van der Waals surface area contributed by atoms with E-state index in [0.29, 0.717) is 6.42 Å². The molecule has 12 heavy (non-hydrogen) atoms. The Balaban J connectivity index is 2.59. The van der Waals surface area contributed by atoms with E-state index in [0.717, 1.165) is 5.56 Å². The Kier molecular flexibility index (Phi) is 3.26. The molecule has 0 radical (unpaired) electrons. The van der Waals surface area contributed by atoms with Crippen molar-refractivity contribution in [3.05, 3.63) is 35.9 Å². The van der Waals surface area contributed by atoms with E-state index in [-0.39, 0.29) is 0 Å². The Morgan fingerprint density at radius 2 is 1.75 bits per heavy atom. The molecule has 0 aliphatic rings. The second-order valence-electron chi connectivity index (χ2n) is 3.01. The number of aliphatic hydroxyl groups is 2. The predicted molar refractivity (Wildman–Crippen MR) is 47.7 cm³/mol. The second kappa shape index (κ2) is 4.24. The largest absolute Gasteiger partial charge is 0.393 e. The van der Waals surface area contributed by atoms with E-state index in [4.69, 9.17) is 5.11 Å². The first kappa shape index (κ1) is 9.23. The van der Waals surface area contributed by atoms with Crippen LogP contribution >= 0.6 is 0 Å². The van der Waals surface area contributed by atoms with Crippen LogP contribution < -0.4 is 0 Å². The molecule has 0 fully saturated rings. The molecule has 0 aliphatic carbocycles. The molecule has 0 unspecified atom stereocenters. The average Bonchev–Trinajstić information content (AvgIpc) is 2.05. The van der Waals surface area contributed by atoms with E-state index < -0.39 is 12.2 Å². The van der Waals surface area contributed by atoms with E-state index in [9.17, 15) is 5.11 Å². The summed E-state index contributed by atoms with van der Waals surface area (Å²) in [6.07, 6.45) is -0.615. The summed E-state index contributed by atoms with van der Waals surface area (Å²) in [6.45, 7) is 1.67. The number of hydrogen-bond donors (Lipinski definition) is 2. The minimum Gasteiger partial charge on any atom is -0.393 e. The summed E-state index contributed by atoms with van der Waals surface area (Å²) in [5.74, 6) is 0. The monoisotopic (exact) mass is 166 g/mol. The lowest BCUT2D eigenvalue weighted by atomic mass is 10.0. The van der Waals surface area contributed by atoms with Gasteiger partial charge in [0.1, 0.15) is 0 Å². The van der Waals surface area contributed by atoms with Gasteiger partial charge in [-0.2, -0.15) is 0 Å². The smallest absolute Gasteiger partial charge is 0.0814 e. The maximum atomic E-state index is 9.53. The molecule has 1 aromatic carbocycles. The molecule has 0 saturated carbocycles. The van der Waals surface area contributed by atoms with Crippen molar-refractivity contribution in [2.45, 2.75) is 25.6 Å². The van der Waals surface area contributed by atoms with E-state index in [1.54, 1.807) is 6.92 Å². The van der Waals surface area contributed by atoms with Gasteiger partial charge in [-0.1, -0.05) is 30.3 Å². The molecular weight excluding hydrogens is 152 g/mol. The van der Waals surface area contributed by atoms with Crippen LogP contribution in [0.25, 0.3) is 0 Å². The van der Waals surface area contributed by atoms with Gasteiger partial charge in [0, 0.05) is 6.42 Å². The lowest BCUT2D eigenvalue weighted by molar-refractivity contribution is 0.0907. The first-order chi connectivity index (χ1) is 5.70. The van der Waals surface area contributed by atoms with Gasteiger partial charge in [-0.25, -0.2) is 0 Å². The molecule has 2 heteroatoms. The standard InChI is InChI=1S/C10H14O2/c1-8(11)7-10(12)9-5-3-2-4-6-9/h2-6,8,10-12H,7H2,1H3/t8-,10-/m0/s1. The van der Waals surface area contributed by atoms with E-state index in [1.165, 1.54) is 0 Å². The Morgan fingerprint density at radius 3 is 2.25 bits per heavy atom. The van der Waals surface area contributed by atoms with Gasteiger partial charge >= 0.3 is 0 Å². The van der Waals surface area contributed by atoms with Gasteiger partial charge < -0.3 is 10.2 Å². The van der Waals surface area contributed by atoms with Crippen molar-refractivity contribution >= 4 is 0 Å². The van der Waals surface area contributed by atoms with Gasteiger partial charge in [-0.3, -0.25) is 0 Å². The highest BCUT2D eigenvalue weighted by Gasteiger charge is 2.08. The van der Waals surface area contributed by atoms with Crippen molar-refractivity contribution in [2.75, 3.05) is 0 Å². The van der Waals surface area contributed by atoms with Crippen LogP contribution in [0.3, 0.4) is 0 Å². The zero-order valence-corrected chi connectivity index (χ0v) is 7.14. The zero-order chi connectivity index (χ0) is 8.97. The van der Waals surface area contributed by atoms with Crippen LogP contribution in [0.5, 0.6) is 0 Å². The van der Waals surface area contributed by atoms with Gasteiger partial charge in [-0.15, -0.1) is 0 Å². The summed E-state index contributed by atoms with van der Waals surface area (Å²) in [5, 5.41) is 18.6. The molecule has 0 aromatic heterocycles. The van der Waals surface area contributed by atoms with Crippen LogP contribution in [0.1, 0.15) is 25.0 Å². The molecule has 0 amide bonds. The fraction of sp³-hybridized carbons (Fsp3) is 0.400. The highest BCUT2D eigenvalue weighted by atomic mass is 16.3. The highest BCUT2D eigenvalue weighted by molar-refractivity contribution is 5.17. The molecule has 2 N–H and O–H groups in total. The molecular formula is C10H14O2. The van der Waals surface area contributed by atoms with Crippen LogP contribution in [0.15, 0.2) is 30.3 Å². The van der Waals surface area contributed by atoms with Crippen LogP contribution in [-0.4, -0.2) is 16.3 Å². The van der Waals surface area contributed by atoms with Gasteiger partial charge in [-0.05, 0) is 12.5 Å². The van der Waals surface area contributed by atoms with Crippen molar-refractivity contribution in [1.29, 1.82) is 0 Å². The summed E-state index contributed by atoms with van der Waals surface area (Å²) >= 11 is 0. The van der Waals surface area contributed by atoms with Crippen molar-refractivity contribution in [3.63, 3.8) is 0 Å². The van der Waals surface area contributed by atoms with Crippen molar-refractivity contribution in [2.24, 2.45) is 0 Å². The molecule has 0 bridgehead atoms. The molecule has 66 valence electrons. The third-order valence-electron chi connectivity index (χ3n) is 1.75. The van der Waals surface area contributed by atoms with Gasteiger partial charge in [0.2, 0.25) is 0 Å². The van der Waals surface area contributed by atoms with Gasteiger partial charge in [0.25, 0.3) is 0 Å². The minimum atomic E-state index is -0.550. The Bertz CT molecular complexity index is 219. The third kappa shape index (κ3) is 2.64. The average molecular weight is 166 g/mol. The van der Waals surface area contributed by atoms with Crippen LogP contribution in [0, 0.1) is 0 Å². The van der Waals surface area contributed by atoms with Gasteiger partial charge in [0.05, 0.1) is 12.2 Å². The summed E-state index contributed by atoms with van der Waals surface area (Å²) < 4.78 is 0. The molecule has 0 spiro atoms. The van der Waals surface area contributed by atoms with Crippen molar-refractivity contribution < 1.29 is 10.2 Å². The molecule has 2 atom stereocenters. The lowest BCUT2D eigenvalue weighted by Crippen LogP contribution is -2.07. The van der Waals surface area contributed by atoms with Crippen molar-refractivity contribution in [3.8, 4) is 0 Å². The fourth-order valence-electron chi connectivity index (χ4n) is 1.13. The molecule has 0 aliphatic heterocycles. The summed E-state index contributed by atoms with van der Waals surface area (Å²) in [7, 11) is 0. The van der Waals surface area contributed by atoms with E-state index in [1.807, 2.05) is 30.3 Å². The number of rotatable bonds is 3. The lowest BCUT2D eigenvalue weighted by Gasteiger charge is -2.11. The van der Waals surface area contributed by atoms with Crippen LogP contribution in [0.4, 0.5) is 0 Å². The fourth-order valence-corrected chi connectivity index (χ4v) is 1.13. The summed E-state index contributed by atoms with van der Waals surface area (Å²) in [6, 6.07) is 9.36. The number of benzene rings is 1. The SMILES string of the molecule is C[C@H](O)C[C@H](O)c1ccccc1. The van der Waals surface area contributed by atoms with Crippen molar-refractivity contribution in [1.82, 2.24) is 0 Å². The van der Waals surface area contributed by atoms with Gasteiger partial charge in [0.15, 0.2) is 0 Å². The second-order valence-corrected chi connectivity index (χ2v) is 3.01. The normalized spacial score (nSPS) is 15.6. The topological polar surface area (TPSA) is 40.5 Å². The van der Waals surface area contributed by atoms with E-state index >= 15 is 0 Å². The van der Waals surface area contributed by atoms with Crippen LogP contribution in [0.2, 0.25) is 0 Å². The molecule has 2 nitrogen and oxygen atoms in total. The Labute approximate surface area is 72.5 Å². The minimum absolute atomic E-state index is 0.393. The molecule has 0 heterocycles. The summed E-state index contributed by atoms with van der Waals surface area (Å²) in [5.41, 5.74) is 0.860. The predicted octanol–water partition coefficient (Wildman–Crippen LogP) is 1.49. The first-order valence-electron chi connectivity index (χ1n) is 4.11. The quantitative estimate of drug-likeness (QED) is 0.714. The zero-order valence-electron chi connectivity index (χ0n) is 7.14. The summed E-state index contributed by atoms with van der Waals surface area (Å²) in [4.78, 5) is 0. The molecule has 1 rings (SSSR count). The number of hydrogen-bond acceptors (Lipinski definition) is 2. The van der Waals surface area contributed by atoms with Crippen LogP contribution in [-0.2, 0) is 0 Å². The maximum Gasteiger partial charge on any atom is 0.0814 e. The molecule has 0 saturated heterocycles. The number of aliphatic hydroxyl groups excluding tert-OH is 2.